The fourth-order valence-corrected chi connectivity index (χ4v) is 4.34. The maximum atomic E-state index is 11.5. The van der Waals surface area contributed by atoms with Gasteiger partial charge in [0.15, 0.2) is 0 Å². The van der Waals surface area contributed by atoms with Crippen LogP contribution in [0.15, 0.2) is 0 Å². The van der Waals surface area contributed by atoms with Gasteiger partial charge < -0.3 is 4.74 Å². The second-order valence-corrected chi connectivity index (χ2v) is 5.26. The lowest BCUT2D eigenvalue weighted by Crippen LogP contribution is -2.43. The first kappa shape index (κ1) is 7.43. The normalized spacial score (nSPS) is 58.0. The number of cyclic esters (lactones) is 2. The fraction of sp³-hybridized carbons (Fsp3) is 0.818. The van der Waals surface area contributed by atoms with E-state index >= 15 is 0 Å². The van der Waals surface area contributed by atoms with E-state index in [1.54, 1.807) is 0 Å². The molecule has 0 N–H and O–H groups in total. The predicted molar refractivity (Wildman–Crippen MR) is 45.9 cm³/mol. The Morgan fingerprint density at radius 1 is 0.857 bits per heavy atom. The Morgan fingerprint density at radius 3 is 1.86 bits per heavy atom. The van der Waals surface area contributed by atoms with Gasteiger partial charge in [-0.1, -0.05) is 0 Å². The lowest BCUT2D eigenvalue weighted by Gasteiger charge is -2.41. The summed E-state index contributed by atoms with van der Waals surface area (Å²) >= 11 is 0. The van der Waals surface area contributed by atoms with Crippen LogP contribution < -0.4 is 0 Å². The number of carbonyl (C=O) groups excluding carboxylic acids is 2. The highest BCUT2D eigenvalue weighted by molar-refractivity contribution is 5.97. The highest BCUT2D eigenvalue weighted by Gasteiger charge is 2.67. The van der Waals surface area contributed by atoms with Crippen LogP contribution in [0.1, 0.15) is 19.3 Å². The van der Waals surface area contributed by atoms with Gasteiger partial charge in [-0.2, -0.15) is 0 Å². The van der Waals surface area contributed by atoms with Crippen molar-refractivity contribution >= 4 is 11.9 Å². The number of hydrogen-bond donors (Lipinski definition) is 0. The van der Waals surface area contributed by atoms with Gasteiger partial charge in [0.1, 0.15) is 0 Å². The van der Waals surface area contributed by atoms with Crippen molar-refractivity contribution in [2.24, 2.45) is 35.5 Å². The molecule has 14 heavy (non-hydrogen) atoms. The Morgan fingerprint density at radius 2 is 1.36 bits per heavy atom. The quantitative estimate of drug-likeness (QED) is 0.424. The molecule has 3 heteroatoms. The van der Waals surface area contributed by atoms with Crippen LogP contribution in [-0.2, 0) is 14.3 Å². The van der Waals surface area contributed by atoms with Crippen LogP contribution in [0.4, 0.5) is 0 Å². The molecule has 5 rings (SSSR count). The molecule has 0 spiro atoms. The molecule has 4 aliphatic carbocycles. The largest absolute Gasteiger partial charge is 0.393 e. The van der Waals surface area contributed by atoms with Crippen molar-refractivity contribution in [1.82, 2.24) is 0 Å². The van der Waals surface area contributed by atoms with Crippen LogP contribution in [0.25, 0.3) is 0 Å². The van der Waals surface area contributed by atoms with Gasteiger partial charge >= 0.3 is 11.9 Å². The number of rotatable bonds is 0. The molecular formula is C11H12O3. The zero-order valence-corrected chi connectivity index (χ0v) is 7.81. The third-order valence-electron chi connectivity index (χ3n) is 4.88. The highest BCUT2D eigenvalue weighted by Crippen LogP contribution is 2.67. The molecule has 0 amide bonds. The van der Waals surface area contributed by atoms with Gasteiger partial charge in [-0.05, 0) is 42.9 Å². The van der Waals surface area contributed by atoms with Gasteiger partial charge in [-0.25, -0.2) is 0 Å². The molecule has 5 fully saturated rings. The maximum Gasteiger partial charge on any atom is 0.317 e. The molecule has 1 saturated heterocycles. The number of ether oxygens (including phenoxy) is 1. The van der Waals surface area contributed by atoms with E-state index in [2.05, 4.69) is 0 Å². The molecule has 2 unspecified atom stereocenters. The van der Waals surface area contributed by atoms with E-state index in [0.29, 0.717) is 11.8 Å². The van der Waals surface area contributed by atoms with Gasteiger partial charge in [-0.15, -0.1) is 0 Å². The Kier molecular flexibility index (Phi) is 1.09. The van der Waals surface area contributed by atoms with Crippen molar-refractivity contribution in [3.05, 3.63) is 0 Å². The summed E-state index contributed by atoms with van der Waals surface area (Å²) in [6.07, 6.45) is 3.56. The third-order valence-corrected chi connectivity index (χ3v) is 4.88. The van der Waals surface area contributed by atoms with Crippen LogP contribution in [-0.4, -0.2) is 11.9 Å². The number of esters is 2. The molecule has 1 heterocycles. The summed E-state index contributed by atoms with van der Waals surface area (Å²) in [4.78, 5) is 23.1. The summed E-state index contributed by atoms with van der Waals surface area (Å²) in [5.74, 6) is 1.93. The average molecular weight is 192 g/mol. The first-order valence-corrected chi connectivity index (χ1v) is 5.53. The second kappa shape index (κ2) is 2.05. The summed E-state index contributed by atoms with van der Waals surface area (Å²) in [6, 6.07) is 0. The summed E-state index contributed by atoms with van der Waals surface area (Å²) in [6.45, 7) is 0. The van der Waals surface area contributed by atoms with Gasteiger partial charge in [0.05, 0.1) is 11.8 Å². The van der Waals surface area contributed by atoms with Gasteiger partial charge in [0.25, 0.3) is 0 Å². The molecule has 0 aromatic carbocycles. The molecule has 3 nitrogen and oxygen atoms in total. The zero-order valence-electron chi connectivity index (χ0n) is 7.81. The maximum absolute atomic E-state index is 11.5. The van der Waals surface area contributed by atoms with Crippen LogP contribution in [0.5, 0.6) is 0 Å². The first-order valence-electron chi connectivity index (χ1n) is 5.53. The minimum atomic E-state index is -0.222. The Balaban J connectivity index is 1.83. The SMILES string of the molecule is O=C1OC(=O)[C@H]2C3CCC([C@@H]12)[C@@H]1C[C@H]31. The van der Waals surface area contributed by atoms with Crippen molar-refractivity contribution in [1.29, 1.82) is 0 Å². The summed E-state index contributed by atoms with van der Waals surface area (Å²) < 4.78 is 4.78. The molecule has 0 radical (unpaired) electrons. The van der Waals surface area contributed by atoms with E-state index in [1.165, 1.54) is 6.42 Å². The lowest BCUT2D eigenvalue weighted by atomic mass is 9.59. The van der Waals surface area contributed by atoms with Gasteiger partial charge in [0.2, 0.25) is 0 Å². The van der Waals surface area contributed by atoms with E-state index in [0.717, 1.165) is 24.7 Å². The van der Waals surface area contributed by atoms with Crippen LogP contribution >= 0.6 is 0 Å². The van der Waals surface area contributed by atoms with Gasteiger partial charge in [-0.3, -0.25) is 9.59 Å². The average Bonchev–Trinajstić information content (AvgIpc) is 2.92. The first-order chi connectivity index (χ1) is 6.77. The molecule has 6 atom stereocenters. The fourth-order valence-electron chi connectivity index (χ4n) is 4.34. The third kappa shape index (κ3) is 0.645. The summed E-state index contributed by atoms with van der Waals surface area (Å²) in [7, 11) is 0. The highest BCUT2D eigenvalue weighted by atomic mass is 16.6. The predicted octanol–water partition coefficient (Wildman–Crippen LogP) is 0.978. The standard InChI is InChI=1S/C11H12O3/c12-10-8-4-1-2-5(7-3-6(4)7)9(8)11(13)14-10/h4-9H,1-3H2/t4?,5?,6-,7+,8+,9-. The van der Waals surface area contributed by atoms with Crippen molar-refractivity contribution in [3.8, 4) is 0 Å². The lowest BCUT2D eigenvalue weighted by molar-refractivity contribution is -0.154. The van der Waals surface area contributed by atoms with E-state index in [-0.39, 0.29) is 23.8 Å². The number of fused-ring (bicyclic) bond motifs is 1. The topological polar surface area (TPSA) is 43.4 Å². The molecule has 4 saturated carbocycles. The van der Waals surface area contributed by atoms with Gasteiger partial charge in [0, 0.05) is 0 Å². The van der Waals surface area contributed by atoms with Crippen molar-refractivity contribution in [3.63, 3.8) is 0 Å². The van der Waals surface area contributed by atoms with Crippen LogP contribution in [0.2, 0.25) is 0 Å². The van der Waals surface area contributed by atoms with Crippen LogP contribution in [0, 0.1) is 35.5 Å². The molecule has 5 aliphatic rings. The zero-order chi connectivity index (χ0) is 9.45. The number of carbonyl (C=O) groups is 2. The Bertz CT molecular complexity index is 316. The minimum Gasteiger partial charge on any atom is -0.393 e. The Labute approximate surface area is 81.8 Å². The summed E-state index contributed by atoms with van der Waals surface area (Å²) in [5.41, 5.74) is 0. The van der Waals surface area contributed by atoms with Crippen molar-refractivity contribution < 1.29 is 14.3 Å². The molecule has 0 aromatic heterocycles. The van der Waals surface area contributed by atoms with Crippen molar-refractivity contribution in [2.45, 2.75) is 19.3 Å². The van der Waals surface area contributed by atoms with E-state index < -0.39 is 0 Å². The van der Waals surface area contributed by atoms with E-state index in [9.17, 15) is 9.59 Å². The monoisotopic (exact) mass is 192 g/mol. The molecule has 74 valence electrons. The minimum absolute atomic E-state index is 0.0509. The summed E-state index contributed by atoms with van der Waals surface area (Å²) in [5, 5.41) is 0. The molecule has 2 bridgehead atoms. The number of hydrogen-bond acceptors (Lipinski definition) is 3. The molecule has 1 aliphatic heterocycles. The van der Waals surface area contributed by atoms with E-state index in [4.69, 9.17) is 4.74 Å². The van der Waals surface area contributed by atoms with Crippen molar-refractivity contribution in [2.75, 3.05) is 0 Å². The second-order valence-electron chi connectivity index (χ2n) is 5.26. The molecular weight excluding hydrogens is 180 g/mol. The smallest absolute Gasteiger partial charge is 0.317 e. The Hall–Kier alpha value is -0.860. The van der Waals surface area contributed by atoms with Crippen LogP contribution in [0.3, 0.4) is 0 Å². The molecule has 0 aromatic rings. The van der Waals surface area contributed by atoms with E-state index in [1.807, 2.05) is 0 Å².